The van der Waals surface area contributed by atoms with Crippen molar-refractivity contribution in [2.75, 3.05) is 26.8 Å². The zero-order valence-electron chi connectivity index (χ0n) is 12.5. The molecule has 0 aromatic heterocycles. The van der Waals surface area contributed by atoms with Crippen LogP contribution in [-0.4, -0.2) is 42.7 Å². The van der Waals surface area contributed by atoms with E-state index >= 15 is 0 Å². The SMILES string of the molecule is COCC1(C(=O)N2CC[C@@](O)(c3ccccc3)C2)CCC1. The van der Waals surface area contributed by atoms with Gasteiger partial charge in [0.1, 0.15) is 5.60 Å². The standard InChI is InChI=1S/C17H23NO3/c1-21-13-16(8-5-9-16)15(19)18-11-10-17(20,12-18)14-6-3-2-4-7-14/h2-4,6-7,20H,5,8-13H2,1H3/t17-/m0/s1. The minimum Gasteiger partial charge on any atom is -0.384 e. The molecule has 0 spiro atoms. The molecule has 1 aliphatic carbocycles. The molecule has 1 N–H and O–H groups in total. The van der Waals surface area contributed by atoms with Gasteiger partial charge in [-0.3, -0.25) is 4.79 Å². The molecule has 4 nitrogen and oxygen atoms in total. The van der Waals surface area contributed by atoms with Crippen LogP contribution in [0.5, 0.6) is 0 Å². The van der Waals surface area contributed by atoms with Crippen molar-refractivity contribution in [3.63, 3.8) is 0 Å². The molecule has 1 aromatic rings. The Balaban J connectivity index is 1.73. The quantitative estimate of drug-likeness (QED) is 0.921. The molecular weight excluding hydrogens is 266 g/mol. The van der Waals surface area contributed by atoms with Crippen LogP contribution in [-0.2, 0) is 15.1 Å². The van der Waals surface area contributed by atoms with Gasteiger partial charge in [-0.1, -0.05) is 36.8 Å². The number of aliphatic hydroxyl groups is 1. The number of nitrogens with zero attached hydrogens (tertiary/aromatic N) is 1. The Morgan fingerprint density at radius 1 is 1.29 bits per heavy atom. The molecule has 2 fully saturated rings. The lowest BCUT2D eigenvalue weighted by molar-refractivity contribution is -0.152. The zero-order chi connectivity index (χ0) is 14.9. The zero-order valence-corrected chi connectivity index (χ0v) is 12.5. The summed E-state index contributed by atoms with van der Waals surface area (Å²) in [6, 6.07) is 9.66. The maximum absolute atomic E-state index is 12.8. The normalized spacial score (nSPS) is 27.4. The Bertz CT molecular complexity index is 512. The van der Waals surface area contributed by atoms with Crippen molar-refractivity contribution in [2.45, 2.75) is 31.3 Å². The lowest BCUT2D eigenvalue weighted by atomic mass is 9.68. The summed E-state index contributed by atoms with van der Waals surface area (Å²) in [5.74, 6) is 0.155. The number of hydrogen-bond acceptors (Lipinski definition) is 3. The highest BCUT2D eigenvalue weighted by Crippen LogP contribution is 2.44. The third-order valence-electron chi connectivity index (χ3n) is 5.03. The number of carbonyl (C=O) groups is 1. The Morgan fingerprint density at radius 3 is 2.57 bits per heavy atom. The Morgan fingerprint density at radius 2 is 2.00 bits per heavy atom. The molecule has 1 aromatic carbocycles. The van der Waals surface area contributed by atoms with Crippen molar-refractivity contribution in [2.24, 2.45) is 5.41 Å². The predicted octanol–water partition coefficient (Wildman–Crippen LogP) is 1.92. The van der Waals surface area contributed by atoms with Gasteiger partial charge in [0.2, 0.25) is 5.91 Å². The van der Waals surface area contributed by atoms with Gasteiger partial charge in [0.05, 0.1) is 18.6 Å². The first-order valence-corrected chi connectivity index (χ1v) is 7.66. The summed E-state index contributed by atoms with van der Waals surface area (Å²) in [5, 5.41) is 10.8. The molecule has 1 atom stereocenters. The Kier molecular flexibility index (Phi) is 3.76. The van der Waals surface area contributed by atoms with E-state index < -0.39 is 5.60 Å². The molecule has 0 unspecified atom stereocenters. The number of likely N-dealkylation sites (tertiary alicyclic amines) is 1. The summed E-state index contributed by atoms with van der Waals surface area (Å²) in [7, 11) is 1.65. The maximum Gasteiger partial charge on any atom is 0.231 e. The third kappa shape index (κ3) is 2.47. The summed E-state index contributed by atoms with van der Waals surface area (Å²) in [6.07, 6.45) is 3.50. The summed E-state index contributed by atoms with van der Waals surface area (Å²) in [5.41, 5.74) is -0.347. The fraction of sp³-hybridized carbons (Fsp3) is 0.588. The van der Waals surface area contributed by atoms with Gasteiger partial charge < -0.3 is 14.7 Å². The van der Waals surface area contributed by atoms with Crippen molar-refractivity contribution in [1.82, 2.24) is 4.90 Å². The van der Waals surface area contributed by atoms with Gasteiger partial charge in [-0.25, -0.2) is 0 Å². The van der Waals surface area contributed by atoms with Crippen LogP contribution in [0, 0.1) is 5.41 Å². The lowest BCUT2D eigenvalue weighted by Gasteiger charge is -2.42. The first kappa shape index (κ1) is 14.5. The van der Waals surface area contributed by atoms with E-state index in [9.17, 15) is 9.90 Å². The first-order chi connectivity index (χ1) is 10.1. The van der Waals surface area contributed by atoms with Crippen LogP contribution in [0.4, 0.5) is 0 Å². The van der Waals surface area contributed by atoms with Gasteiger partial charge in [-0.05, 0) is 24.8 Å². The van der Waals surface area contributed by atoms with E-state index in [0.29, 0.717) is 26.1 Å². The molecule has 1 saturated heterocycles. The number of rotatable bonds is 4. The van der Waals surface area contributed by atoms with Crippen LogP contribution in [0.1, 0.15) is 31.2 Å². The van der Waals surface area contributed by atoms with E-state index in [1.165, 1.54) is 0 Å². The minimum absolute atomic E-state index is 0.155. The maximum atomic E-state index is 12.8. The summed E-state index contributed by atoms with van der Waals surface area (Å²) < 4.78 is 5.26. The van der Waals surface area contributed by atoms with Crippen LogP contribution in [0.2, 0.25) is 0 Å². The first-order valence-electron chi connectivity index (χ1n) is 7.66. The van der Waals surface area contributed by atoms with Gasteiger partial charge in [0.25, 0.3) is 0 Å². The largest absolute Gasteiger partial charge is 0.384 e. The van der Waals surface area contributed by atoms with E-state index in [4.69, 9.17) is 4.74 Å². The van der Waals surface area contributed by atoms with Gasteiger partial charge in [0.15, 0.2) is 0 Å². The fourth-order valence-corrected chi connectivity index (χ4v) is 3.59. The van der Waals surface area contributed by atoms with Crippen molar-refractivity contribution < 1.29 is 14.6 Å². The molecule has 4 heteroatoms. The molecule has 3 rings (SSSR count). The van der Waals surface area contributed by atoms with Crippen molar-refractivity contribution in [3.05, 3.63) is 35.9 Å². The molecule has 114 valence electrons. The Labute approximate surface area is 125 Å². The highest BCUT2D eigenvalue weighted by Gasteiger charge is 2.49. The number of hydrogen-bond donors (Lipinski definition) is 1. The van der Waals surface area contributed by atoms with Crippen LogP contribution in [0.25, 0.3) is 0 Å². The second-order valence-electron chi connectivity index (χ2n) is 6.44. The number of β-amino-alcohol motifs (C(OH)–C–C–N with tert-alkyl or cyclic N) is 1. The van der Waals surface area contributed by atoms with E-state index in [0.717, 1.165) is 24.8 Å². The number of carbonyl (C=O) groups excluding carboxylic acids is 1. The predicted molar refractivity (Wildman–Crippen MR) is 79.7 cm³/mol. The molecule has 0 bridgehead atoms. The second kappa shape index (κ2) is 5.43. The fourth-order valence-electron chi connectivity index (χ4n) is 3.59. The van der Waals surface area contributed by atoms with Gasteiger partial charge in [-0.15, -0.1) is 0 Å². The second-order valence-corrected chi connectivity index (χ2v) is 6.44. The smallest absolute Gasteiger partial charge is 0.231 e. The molecule has 1 heterocycles. The van der Waals surface area contributed by atoms with Crippen LogP contribution < -0.4 is 0 Å². The topological polar surface area (TPSA) is 49.8 Å². The van der Waals surface area contributed by atoms with Crippen molar-refractivity contribution in [1.29, 1.82) is 0 Å². The number of benzene rings is 1. The average Bonchev–Trinajstić information content (AvgIpc) is 2.87. The van der Waals surface area contributed by atoms with E-state index in [1.54, 1.807) is 7.11 Å². The van der Waals surface area contributed by atoms with Crippen molar-refractivity contribution in [3.8, 4) is 0 Å². The molecule has 21 heavy (non-hydrogen) atoms. The number of amides is 1. The summed E-state index contributed by atoms with van der Waals surface area (Å²) in [6.45, 7) is 1.50. The third-order valence-corrected chi connectivity index (χ3v) is 5.03. The Hall–Kier alpha value is -1.39. The molecule has 1 aliphatic heterocycles. The van der Waals surface area contributed by atoms with Gasteiger partial charge in [-0.2, -0.15) is 0 Å². The molecule has 1 saturated carbocycles. The minimum atomic E-state index is -0.908. The van der Waals surface area contributed by atoms with Gasteiger partial charge in [0, 0.05) is 13.7 Å². The highest BCUT2D eigenvalue weighted by molar-refractivity contribution is 5.84. The van der Waals surface area contributed by atoms with E-state index in [2.05, 4.69) is 0 Å². The van der Waals surface area contributed by atoms with Crippen LogP contribution >= 0.6 is 0 Å². The average molecular weight is 289 g/mol. The number of methoxy groups -OCH3 is 1. The lowest BCUT2D eigenvalue weighted by Crippen LogP contribution is -2.50. The molecular formula is C17H23NO3. The highest BCUT2D eigenvalue weighted by atomic mass is 16.5. The van der Waals surface area contributed by atoms with E-state index in [1.807, 2.05) is 35.2 Å². The molecule has 2 aliphatic rings. The van der Waals surface area contributed by atoms with E-state index in [-0.39, 0.29) is 11.3 Å². The molecule has 1 amide bonds. The van der Waals surface area contributed by atoms with Crippen LogP contribution in [0.15, 0.2) is 30.3 Å². The van der Waals surface area contributed by atoms with Crippen molar-refractivity contribution >= 4 is 5.91 Å². The van der Waals surface area contributed by atoms with Gasteiger partial charge >= 0.3 is 0 Å². The molecule has 0 radical (unpaired) electrons. The van der Waals surface area contributed by atoms with Crippen LogP contribution in [0.3, 0.4) is 0 Å². The monoisotopic (exact) mass is 289 g/mol. The number of ether oxygens (including phenoxy) is 1. The summed E-state index contributed by atoms with van der Waals surface area (Å²) >= 11 is 0. The summed E-state index contributed by atoms with van der Waals surface area (Å²) in [4.78, 5) is 14.6.